The van der Waals surface area contributed by atoms with E-state index in [1.807, 2.05) is 13.8 Å². The molecule has 0 aliphatic heterocycles. The molecule has 1 saturated carbocycles. The average Bonchev–Trinajstić information content (AvgIpc) is 2.32. The molecule has 1 aliphatic rings. The lowest BCUT2D eigenvalue weighted by Gasteiger charge is -2.29. The second-order valence-electron chi connectivity index (χ2n) is 5.80. The fourth-order valence-corrected chi connectivity index (χ4v) is 3.75. The van der Waals surface area contributed by atoms with Crippen LogP contribution in [0.3, 0.4) is 0 Å². The quantitative estimate of drug-likeness (QED) is 0.816. The van der Waals surface area contributed by atoms with Gasteiger partial charge in [0.25, 0.3) is 0 Å². The topological polar surface area (TPSA) is 79.2 Å². The van der Waals surface area contributed by atoms with E-state index in [1.54, 1.807) is 0 Å². The van der Waals surface area contributed by atoms with Crippen LogP contribution in [0.5, 0.6) is 0 Å². The van der Waals surface area contributed by atoms with Gasteiger partial charge in [0.05, 0.1) is 24.5 Å². The molecule has 0 unspecified atom stereocenters. The molecule has 6 heteroatoms. The molecule has 0 aromatic rings. The van der Waals surface area contributed by atoms with Gasteiger partial charge < -0.3 is 4.74 Å². The lowest BCUT2D eigenvalue weighted by Crippen LogP contribution is -2.48. The van der Waals surface area contributed by atoms with E-state index in [2.05, 4.69) is 10.8 Å². The molecule has 0 amide bonds. The molecule has 0 aromatic heterocycles. The summed E-state index contributed by atoms with van der Waals surface area (Å²) in [4.78, 5) is 0. The Bertz CT molecular complexity index is 418. The minimum absolute atomic E-state index is 0.0107. The van der Waals surface area contributed by atoms with E-state index in [0.29, 0.717) is 12.8 Å². The van der Waals surface area contributed by atoms with Gasteiger partial charge in [0.15, 0.2) is 0 Å². The summed E-state index contributed by atoms with van der Waals surface area (Å²) in [5.74, 6) is -0.0887. The van der Waals surface area contributed by atoms with Crippen LogP contribution < -0.4 is 4.72 Å². The van der Waals surface area contributed by atoms with Crippen LogP contribution in [0.1, 0.15) is 58.8 Å². The van der Waals surface area contributed by atoms with Crippen molar-refractivity contribution in [3.05, 3.63) is 0 Å². The Balaban J connectivity index is 2.62. The largest absolute Gasteiger partial charge is 0.378 e. The summed E-state index contributed by atoms with van der Waals surface area (Å²) >= 11 is 0. The van der Waals surface area contributed by atoms with Gasteiger partial charge in [-0.05, 0) is 26.7 Å². The van der Waals surface area contributed by atoms with Crippen LogP contribution >= 0.6 is 0 Å². The number of ether oxygens (including phenoxy) is 1. The second kappa shape index (κ2) is 7.96. The minimum Gasteiger partial charge on any atom is -0.378 e. The summed E-state index contributed by atoms with van der Waals surface area (Å²) in [6.07, 6.45) is 6.34. The Kier molecular flexibility index (Phi) is 6.93. The third kappa shape index (κ3) is 6.21. The number of hydrogen-bond acceptors (Lipinski definition) is 4. The van der Waals surface area contributed by atoms with Gasteiger partial charge in [-0.1, -0.05) is 32.1 Å². The highest BCUT2D eigenvalue weighted by atomic mass is 32.2. The van der Waals surface area contributed by atoms with E-state index in [0.717, 1.165) is 25.7 Å². The Morgan fingerprint density at radius 1 is 1.20 bits per heavy atom. The number of hydrogen-bond donors (Lipinski definition) is 1. The van der Waals surface area contributed by atoms with E-state index in [1.165, 1.54) is 6.42 Å². The second-order valence-corrected chi connectivity index (χ2v) is 7.64. The molecule has 1 aliphatic carbocycles. The number of nitrogens with zero attached hydrogens (tertiary/aromatic N) is 1. The maximum atomic E-state index is 12.1. The van der Waals surface area contributed by atoms with Crippen molar-refractivity contribution < 1.29 is 13.2 Å². The van der Waals surface area contributed by atoms with Crippen LogP contribution in [0.15, 0.2) is 0 Å². The van der Waals surface area contributed by atoms with Crippen molar-refractivity contribution >= 4 is 10.0 Å². The van der Waals surface area contributed by atoms with Crippen molar-refractivity contribution in [3.63, 3.8) is 0 Å². The predicted molar refractivity (Wildman–Crippen MR) is 78.7 cm³/mol. The van der Waals surface area contributed by atoms with Gasteiger partial charge in [-0.15, -0.1) is 0 Å². The lowest BCUT2D eigenvalue weighted by atomic mass is 9.86. The summed E-state index contributed by atoms with van der Waals surface area (Å²) < 4.78 is 32.1. The SMILES string of the molecule is CC(C)OCCS(=O)(=O)NC1(C#N)CCCCCCC1. The molecular weight excluding hydrogens is 276 g/mol. The number of rotatable bonds is 6. The highest BCUT2D eigenvalue weighted by molar-refractivity contribution is 7.89. The molecule has 1 rings (SSSR count). The number of nitriles is 1. The zero-order valence-corrected chi connectivity index (χ0v) is 13.3. The van der Waals surface area contributed by atoms with Gasteiger partial charge in [-0.25, -0.2) is 8.42 Å². The summed E-state index contributed by atoms with van der Waals surface area (Å²) in [6, 6.07) is 2.21. The first-order valence-corrected chi connectivity index (χ1v) is 9.09. The Morgan fingerprint density at radius 3 is 2.25 bits per heavy atom. The molecule has 0 aromatic carbocycles. The summed E-state index contributed by atoms with van der Waals surface area (Å²) in [5, 5.41) is 9.43. The van der Waals surface area contributed by atoms with Crippen LogP contribution in [-0.2, 0) is 14.8 Å². The molecule has 0 radical (unpaired) electrons. The molecule has 1 fully saturated rings. The van der Waals surface area contributed by atoms with Crippen LogP contribution in [0.2, 0.25) is 0 Å². The van der Waals surface area contributed by atoms with Gasteiger partial charge in [0, 0.05) is 0 Å². The van der Waals surface area contributed by atoms with E-state index >= 15 is 0 Å². The first-order chi connectivity index (χ1) is 9.39. The zero-order valence-electron chi connectivity index (χ0n) is 12.5. The smallest absolute Gasteiger partial charge is 0.215 e. The fraction of sp³-hybridized carbons (Fsp3) is 0.929. The molecule has 20 heavy (non-hydrogen) atoms. The van der Waals surface area contributed by atoms with E-state index in [9.17, 15) is 13.7 Å². The molecule has 0 spiro atoms. The van der Waals surface area contributed by atoms with Crippen molar-refractivity contribution in [1.29, 1.82) is 5.26 Å². The Morgan fingerprint density at radius 2 is 1.75 bits per heavy atom. The highest BCUT2D eigenvalue weighted by Gasteiger charge is 2.34. The zero-order chi connectivity index (χ0) is 15.1. The first-order valence-electron chi connectivity index (χ1n) is 7.44. The molecule has 116 valence electrons. The van der Waals surface area contributed by atoms with Gasteiger partial charge in [-0.3, -0.25) is 0 Å². The third-order valence-electron chi connectivity index (χ3n) is 3.58. The van der Waals surface area contributed by atoms with Crippen LogP contribution in [0.4, 0.5) is 0 Å². The van der Waals surface area contributed by atoms with Gasteiger partial charge in [-0.2, -0.15) is 9.98 Å². The molecule has 0 bridgehead atoms. The first kappa shape index (κ1) is 17.4. The summed E-state index contributed by atoms with van der Waals surface area (Å²) in [7, 11) is -3.47. The van der Waals surface area contributed by atoms with Crippen LogP contribution in [0, 0.1) is 11.3 Å². The van der Waals surface area contributed by atoms with Crippen LogP contribution in [-0.4, -0.2) is 32.4 Å². The van der Waals surface area contributed by atoms with E-state index in [4.69, 9.17) is 4.74 Å². The van der Waals surface area contributed by atoms with Crippen molar-refractivity contribution in [2.45, 2.75) is 70.4 Å². The summed E-state index contributed by atoms with van der Waals surface area (Å²) in [5.41, 5.74) is -0.920. The third-order valence-corrected chi connectivity index (χ3v) is 4.98. The predicted octanol–water partition coefficient (Wildman–Crippen LogP) is 2.34. The van der Waals surface area contributed by atoms with Crippen molar-refractivity contribution in [2.24, 2.45) is 0 Å². The van der Waals surface area contributed by atoms with Crippen molar-refractivity contribution in [1.82, 2.24) is 4.72 Å². The lowest BCUT2D eigenvalue weighted by molar-refractivity contribution is 0.0910. The average molecular weight is 302 g/mol. The summed E-state index contributed by atoms with van der Waals surface area (Å²) in [6.45, 7) is 3.89. The maximum absolute atomic E-state index is 12.1. The standard InChI is InChI=1S/C14H26N2O3S/c1-13(2)19-10-11-20(17,18)16-14(12-15)8-6-4-3-5-7-9-14/h13,16H,3-11H2,1-2H3. The van der Waals surface area contributed by atoms with Gasteiger partial charge in [0.2, 0.25) is 10.0 Å². The maximum Gasteiger partial charge on any atom is 0.215 e. The Hall–Kier alpha value is -0.640. The molecule has 1 N–H and O–H groups in total. The molecule has 0 atom stereocenters. The molecule has 5 nitrogen and oxygen atoms in total. The molecule has 0 saturated heterocycles. The highest BCUT2D eigenvalue weighted by Crippen LogP contribution is 2.26. The fourth-order valence-electron chi connectivity index (χ4n) is 2.49. The van der Waals surface area contributed by atoms with E-state index in [-0.39, 0.29) is 18.5 Å². The number of nitrogens with one attached hydrogen (secondary N) is 1. The van der Waals surface area contributed by atoms with Gasteiger partial charge >= 0.3 is 0 Å². The van der Waals surface area contributed by atoms with Crippen molar-refractivity contribution in [3.8, 4) is 6.07 Å². The normalized spacial score (nSPS) is 20.1. The Labute approximate surface area is 122 Å². The molecule has 0 heterocycles. The molecular formula is C14H26N2O3S. The van der Waals surface area contributed by atoms with E-state index < -0.39 is 15.6 Å². The monoisotopic (exact) mass is 302 g/mol. The minimum atomic E-state index is -3.47. The van der Waals surface area contributed by atoms with Crippen molar-refractivity contribution in [2.75, 3.05) is 12.4 Å². The number of sulfonamides is 1. The van der Waals surface area contributed by atoms with Crippen LogP contribution in [0.25, 0.3) is 0 Å². The van der Waals surface area contributed by atoms with Gasteiger partial charge in [0.1, 0.15) is 5.54 Å².